The smallest absolute Gasteiger partial charge is 0.317 e. The van der Waals surface area contributed by atoms with Crippen molar-refractivity contribution in [3.05, 3.63) is 102 Å². The number of hydrogen-bond acceptors (Lipinski definition) is 2. The van der Waals surface area contributed by atoms with Gasteiger partial charge in [0, 0.05) is 25.2 Å². The van der Waals surface area contributed by atoms with Crippen molar-refractivity contribution in [2.45, 2.75) is 18.4 Å². The summed E-state index contributed by atoms with van der Waals surface area (Å²) in [5.74, 6) is 0.430. The van der Waals surface area contributed by atoms with Crippen LogP contribution in [-0.2, 0) is 6.42 Å². The first-order chi connectivity index (χ1) is 13.3. The molecule has 1 aromatic heterocycles. The van der Waals surface area contributed by atoms with Crippen molar-refractivity contribution < 1.29 is 4.79 Å². The van der Waals surface area contributed by atoms with Crippen molar-refractivity contribution in [1.29, 1.82) is 0 Å². The molecule has 4 nitrogen and oxygen atoms in total. The van der Waals surface area contributed by atoms with Crippen molar-refractivity contribution in [2.24, 2.45) is 0 Å². The largest absolute Gasteiger partial charge is 0.329 e. The summed E-state index contributed by atoms with van der Waals surface area (Å²) >= 11 is 0. The highest BCUT2D eigenvalue weighted by Gasteiger charge is 2.32. The van der Waals surface area contributed by atoms with Gasteiger partial charge < -0.3 is 10.2 Å². The molecule has 1 atom stereocenters. The SMILES string of the molecule is O=C(NC(Cc1ccccc1)c1ccccn1)N1CC(c2ccccc2)C1. The van der Waals surface area contributed by atoms with E-state index in [0.717, 1.165) is 25.2 Å². The third kappa shape index (κ3) is 4.17. The number of pyridine rings is 1. The zero-order valence-corrected chi connectivity index (χ0v) is 15.2. The molecule has 1 unspecified atom stereocenters. The first kappa shape index (κ1) is 17.3. The molecule has 136 valence electrons. The maximum atomic E-state index is 12.8. The summed E-state index contributed by atoms with van der Waals surface area (Å²) in [5, 5.41) is 3.18. The second-order valence-corrected chi connectivity index (χ2v) is 6.96. The van der Waals surface area contributed by atoms with Crippen LogP contribution >= 0.6 is 0 Å². The van der Waals surface area contributed by atoms with Gasteiger partial charge in [-0.1, -0.05) is 66.7 Å². The average Bonchev–Trinajstić information content (AvgIpc) is 2.69. The highest BCUT2D eigenvalue weighted by Crippen LogP contribution is 2.27. The lowest BCUT2D eigenvalue weighted by molar-refractivity contribution is 0.147. The molecule has 0 aliphatic carbocycles. The Bertz CT molecular complexity index is 862. The number of carbonyl (C=O) groups is 1. The number of benzene rings is 2. The molecule has 1 N–H and O–H groups in total. The fourth-order valence-electron chi connectivity index (χ4n) is 3.48. The van der Waals surface area contributed by atoms with Gasteiger partial charge in [-0.3, -0.25) is 4.98 Å². The average molecular weight is 357 g/mol. The van der Waals surface area contributed by atoms with Gasteiger partial charge in [0.2, 0.25) is 0 Å². The normalized spacial score (nSPS) is 15.0. The molecule has 1 saturated heterocycles. The highest BCUT2D eigenvalue weighted by molar-refractivity contribution is 5.76. The van der Waals surface area contributed by atoms with Crippen LogP contribution in [0.3, 0.4) is 0 Å². The van der Waals surface area contributed by atoms with E-state index in [9.17, 15) is 4.79 Å². The van der Waals surface area contributed by atoms with Gasteiger partial charge in [-0.2, -0.15) is 0 Å². The number of likely N-dealkylation sites (tertiary alicyclic amines) is 1. The van der Waals surface area contributed by atoms with Gasteiger partial charge in [-0.05, 0) is 29.7 Å². The number of carbonyl (C=O) groups excluding carboxylic acids is 1. The number of nitrogens with zero attached hydrogens (tertiary/aromatic N) is 2. The van der Waals surface area contributed by atoms with Crippen molar-refractivity contribution in [1.82, 2.24) is 15.2 Å². The highest BCUT2D eigenvalue weighted by atomic mass is 16.2. The third-order valence-corrected chi connectivity index (χ3v) is 5.06. The summed E-state index contributed by atoms with van der Waals surface area (Å²) in [6, 6.07) is 26.2. The van der Waals surface area contributed by atoms with Crippen LogP contribution in [0.5, 0.6) is 0 Å². The quantitative estimate of drug-likeness (QED) is 0.745. The number of nitrogens with one attached hydrogen (secondary N) is 1. The minimum absolute atomic E-state index is 0.0197. The molecule has 27 heavy (non-hydrogen) atoms. The predicted molar refractivity (Wildman–Crippen MR) is 106 cm³/mol. The maximum absolute atomic E-state index is 12.8. The minimum Gasteiger partial charge on any atom is -0.329 e. The number of urea groups is 1. The van der Waals surface area contributed by atoms with Crippen LogP contribution in [0.2, 0.25) is 0 Å². The first-order valence-corrected chi connectivity index (χ1v) is 9.35. The lowest BCUT2D eigenvalue weighted by Crippen LogP contribution is -2.53. The predicted octanol–water partition coefficient (Wildman–Crippen LogP) is 4.17. The molecular weight excluding hydrogens is 334 g/mol. The lowest BCUT2D eigenvalue weighted by Gasteiger charge is -2.40. The van der Waals surface area contributed by atoms with Gasteiger partial charge in [0.1, 0.15) is 0 Å². The monoisotopic (exact) mass is 357 g/mol. The van der Waals surface area contributed by atoms with Gasteiger partial charge in [-0.25, -0.2) is 4.79 Å². The van der Waals surface area contributed by atoms with Crippen LogP contribution in [0.15, 0.2) is 85.1 Å². The van der Waals surface area contributed by atoms with E-state index in [1.54, 1.807) is 6.20 Å². The second kappa shape index (κ2) is 8.04. The molecule has 1 fully saturated rings. The molecule has 0 saturated carbocycles. The molecule has 2 aromatic carbocycles. The zero-order chi connectivity index (χ0) is 18.5. The van der Waals surface area contributed by atoms with E-state index >= 15 is 0 Å². The van der Waals surface area contributed by atoms with E-state index in [1.165, 1.54) is 11.1 Å². The van der Waals surface area contributed by atoms with E-state index in [4.69, 9.17) is 0 Å². The maximum Gasteiger partial charge on any atom is 0.317 e. The molecule has 0 spiro atoms. The molecule has 4 heteroatoms. The number of aromatic nitrogens is 1. The van der Waals surface area contributed by atoms with Gasteiger partial charge >= 0.3 is 6.03 Å². The molecule has 2 heterocycles. The molecule has 1 aliphatic rings. The Morgan fingerprint density at radius 2 is 1.63 bits per heavy atom. The van der Waals surface area contributed by atoms with Crippen molar-refractivity contribution >= 4 is 6.03 Å². The van der Waals surface area contributed by atoms with E-state index in [-0.39, 0.29) is 12.1 Å². The molecule has 2 amide bonds. The van der Waals surface area contributed by atoms with Crippen LogP contribution in [0.4, 0.5) is 4.79 Å². The van der Waals surface area contributed by atoms with E-state index in [1.807, 2.05) is 47.4 Å². The van der Waals surface area contributed by atoms with Crippen LogP contribution in [0, 0.1) is 0 Å². The summed E-state index contributed by atoms with van der Waals surface area (Å²) in [4.78, 5) is 19.1. The lowest BCUT2D eigenvalue weighted by atomic mass is 9.92. The first-order valence-electron chi connectivity index (χ1n) is 9.35. The molecule has 0 radical (unpaired) electrons. The van der Waals surface area contributed by atoms with E-state index in [2.05, 4.69) is 46.7 Å². The number of rotatable bonds is 5. The van der Waals surface area contributed by atoms with Gasteiger partial charge in [0.25, 0.3) is 0 Å². The molecule has 3 aromatic rings. The van der Waals surface area contributed by atoms with Crippen molar-refractivity contribution in [3.63, 3.8) is 0 Å². The fraction of sp³-hybridized carbons (Fsp3) is 0.217. The number of amides is 2. The van der Waals surface area contributed by atoms with Gasteiger partial charge in [0.05, 0.1) is 11.7 Å². The zero-order valence-electron chi connectivity index (χ0n) is 15.2. The summed E-state index contributed by atoms with van der Waals surface area (Å²) in [6.45, 7) is 1.52. The standard InChI is InChI=1S/C23H23N3O/c27-23(26-16-20(17-26)19-11-5-2-6-12-19)25-22(21-13-7-8-14-24-21)15-18-9-3-1-4-10-18/h1-14,20,22H,15-17H2,(H,25,27). The van der Waals surface area contributed by atoms with Crippen LogP contribution in [0.25, 0.3) is 0 Å². The Morgan fingerprint density at radius 3 is 2.30 bits per heavy atom. The van der Waals surface area contributed by atoms with E-state index < -0.39 is 0 Å². The Balaban J connectivity index is 1.42. The second-order valence-electron chi connectivity index (χ2n) is 6.96. The van der Waals surface area contributed by atoms with Gasteiger partial charge in [-0.15, -0.1) is 0 Å². The number of hydrogen-bond donors (Lipinski definition) is 1. The van der Waals surface area contributed by atoms with Crippen LogP contribution < -0.4 is 5.32 Å². The topological polar surface area (TPSA) is 45.2 Å². The molecular formula is C23H23N3O. The Labute approximate surface area is 159 Å². The fourth-order valence-corrected chi connectivity index (χ4v) is 3.48. The Hall–Kier alpha value is -3.14. The summed E-state index contributed by atoms with van der Waals surface area (Å²) in [6.07, 6.45) is 2.49. The van der Waals surface area contributed by atoms with Crippen molar-refractivity contribution in [2.75, 3.05) is 13.1 Å². The summed E-state index contributed by atoms with van der Waals surface area (Å²) < 4.78 is 0. The minimum atomic E-state index is -0.142. The van der Waals surface area contributed by atoms with Gasteiger partial charge in [0.15, 0.2) is 0 Å². The molecule has 1 aliphatic heterocycles. The third-order valence-electron chi connectivity index (χ3n) is 5.06. The van der Waals surface area contributed by atoms with E-state index in [0.29, 0.717) is 5.92 Å². The molecule has 4 rings (SSSR count). The van der Waals surface area contributed by atoms with Crippen molar-refractivity contribution in [3.8, 4) is 0 Å². The molecule has 0 bridgehead atoms. The summed E-state index contributed by atoms with van der Waals surface area (Å²) in [5.41, 5.74) is 3.36. The Kier molecular flexibility index (Phi) is 5.15. The summed E-state index contributed by atoms with van der Waals surface area (Å²) in [7, 11) is 0. The van der Waals surface area contributed by atoms with Crippen LogP contribution in [-0.4, -0.2) is 29.0 Å². The Morgan fingerprint density at radius 1 is 0.963 bits per heavy atom. The van der Waals surface area contributed by atoms with Crippen LogP contribution in [0.1, 0.15) is 28.8 Å².